The van der Waals surface area contributed by atoms with Crippen LogP contribution < -0.4 is 10.6 Å². The number of nitrogens with one attached hydrogen (secondary N) is 2. The van der Waals surface area contributed by atoms with Crippen LogP contribution in [-0.4, -0.2) is 35.6 Å². The van der Waals surface area contributed by atoms with E-state index in [2.05, 4.69) is 10.6 Å². The molecule has 6 heteroatoms. The molecule has 1 heterocycles. The van der Waals surface area contributed by atoms with Crippen LogP contribution in [0.5, 0.6) is 0 Å². The molecule has 0 aromatic carbocycles. The van der Waals surface area contributed by atoms with E-state index in [0.717, 1.165) is 25.7 Å². The molecule has 0 radical (unpaired) electrons. The van der Waals surface area contributed by atoms with Gasteiger partial charge in [-0.05, 0) is 24.3 Å². The van der Waals surface area contributed by atoms with Crippen LogP contribution >= 0.6 is 11.3 Å². The average molecular weight is 296 g/mol. The molecule has 2 amide bonds. The molecule has 0 spiro atoms. The third-order valence-corrected chi connectivity index (χ3v) is 4.25. The standard InChI is InChI=1S/C14H20N2O3S/c17-12(16-10-14(19)5-1-2-6-14)3-7-15-13(18)11-4-8-20-9-11/h4,8-9,19H,1-3,5-7,10H2,(H,15,18)(H,16,17). The van der Waals surface area contributed by atoms with Crippen LogP contribution in [0.3, 0.4) is 0 Å². The highest BCUT2D eigenvalue weighted by atomic mass is 32.1. The minimum Gasteiger partial charge on any atom is -0.388 e. The highest BCUT2D eigenvalue weighted by Gasteiger charge is 2.31. The molecule has 1 aromatic rings. The maximum Gasteiger partial charge on any atom is 0.252 e. The van der Waals surface area contributed by atoms with Gasteiger partial charge < -0.3 is 15.7 Å². The number of carbonyl (C=O) groups excluding carboxylic acids is 2. The quantitative estimate of drug-likeness (QED) is 0.740. The Morgan fingerprint density at radius 1 is 1.30 bits per heavy atom. The molecular weight excluding hydrogens is 276 g/mol. The van der Waals surface area contributed by atoms with Crippen LogP contribution in [0.2, 0.25) is 0 Å². The lowest BCUT2D eigenvalue weighted by molar-refractivity contribution is -0.122. The van der Waals surface area contributed by atoms with Crippen molar-refractivity contribution >= 4 is 23.2 Å². The zero-order valence-corrected chi connectivity index (χ0v) is 12.2. The van der Waals surface area contributed by atoms with Gasteiger partial charge in [0.2, 0.25) is 5.91 Å². The number of rotatable bonds is 6. The molecule has 110 valence electrons. The van der Waals surface area contributed by atoms with Gasteiger partial charge in [0.25, 0.3) is 5.91 Å². The largest absolute Gasteiger partial charge is 0.388 e. The minimum atomic E-state index is -0.727. The number of carbonyl (C=O) groups is 2. The first-order valence-electron chi connectivity index (χ1n) is 6.89. The normalized spacial score (nSPS) is 16.9. The molecule has 1 saturated carbocycles. The Bertz CT molecular complexity index is 453. The summed E-state index contributed by atoms with van der Waals surface area (Å²) < 4.78 is 0. The lowest BCUT2D eigenvalue weighted by Gasteiger charge is -2.22. The zero-order valence-electron chi connectivity index (χ0n) is 11.4. The Morgan fingerprint density at radius 3 is 2.70 bits per heavy atom. The zero-order chi connectivity index (χ0) is 14.4. The van der Waals surface area contributed by atoms with Crippen LogP contribution in [0, 0.1) is 0 Å². The molecule has 0 aliphatic heterocycles. The van der Waals surface area contributed by atoms with Gasteiger partial charge in [0.15, 0.2) is 0 Å². The van der Waals surface area contributed by atoms with Crippen LogP contribution in [0.25, 0.3) is 0 Å². The Morgan fingerprint density at radius 2 is 2.05 bits per heavy atom. The summed E-state index contributed by atoms with van der Waals surface area (Å²) >= 11 is 1.46. The third kappa shape index (κ3) is 4.31. The number of hydrogen-bond acceptors (Lipinski definition) is 4. The SMILES string of the molecule is O=C(CCNC(=O)c1ccsc1)NCC1(O)CCCC1. The van der Waals surface area contributed by atoms with E-state index in [1.807, 2.05) is 5.38 Å². The molecule has 1 fully saturated rings. The number of aliphatic hydroxyl groups is 1. The molecule has 0 saturated heterocycles. The molecule has 20 heavy (non-hydrogen) atoms. The maximum atomic E-state index is 11.6. The average Bonchev–Trinajstić information content (AvgIpc) is 3.08. The number of amides is 2. The van der Waals surface area contributed by atoms with E-state index in [-0.39, 0.29) is 18.2 Å². The molecule has 3 N–H and O–H groups in total. The van der Waals surface area contributed by atoms with Gasteiger partial charge in [-0.1, -0.05) is 12.8 Å². The van der Waals surface area contributed by atoms with Gasteiger partial charge in [0.05, 0.1) is 5.60 Å². The summed E-state index contributed by atoms with van der Waals surface area (Å²) in [6.07, 6.45) is 3.77. The summed E-state index contributed by atoms with van der Waals surface area (Å²) in [5, 5.41) is 19.1. The second-order valence-electron chi connectivity index (χ2n) is 5.23. The monoisotopic (exact) mass is 296 g/mol. The molecule has 1 aromatic heterocycles. The topological polar surface area (TPSA) is 78.4 Å². The summed E-state index contributed by atoms with van der Waals surface area (Å²) in [5.74, 6) is -0.301. The van der Waals surface area contributed by atoms with Gasteiger partial charge in [0.1, 0.15) is 0 Å². The summed E-state index contributed by atoms with van der Waals surface area (Å²) in [6, 6.07) is 1.75. The lowest BCUT2D eigenvalue weighted by Crippen LogP contribution is -2.41. The van der Waals surface area contributed by atoms with E-state index in [9.17, 15) is 14.7 Å². The van der Waals surface area contributed by atoms with Gasteiger partial charge in [-0.3, -0.25) is 9.59 Å². The van der Waals surface area contributed by atoms with Crippen molar-refractivity contribution in [2.45, 2.75) is 37.7 Å². The van der Waals surface area contributed by atoms with Crippen molar-refractivity contribution in [3.63, 3.8) is 0 Å². The van der Waals surface area contributed by atoms with Crippen LogP contribution in [0.4, 0.5) is 0 Å². The lowest BCUT2D eigenvalue weighted by atomic mass is 10.0. The molecule has 1 aliphatic rings. The Hall–Kier alpha value is -1.40. The number of hydrogen-bond donors (Lipinski definition) is 3. The highest BCUT2D eigenvalue weighted by molar-refractivity contribution is 7.08. The fraction of sp³-hybridized carbons (Fsp3) is 0.571. The van der Waals surface area contributed by atoms with Gasteiger partial charge in [-0.2, -0.15) is 11.3 Å². The number of thiophene rings is 1. The van der Waals surface area contributed by atoms with E-state index < -0.39 is 5.60 Å². The van der Waals surface area contributed by atoms with Crippen molar-refractivity contribution < 1.29 is 14.7 Å². The van der Waals surface area contributed by atoms with Crippen molar-refractivity contribution in [3.8, 4) is 0 Å². The molecule has 2 rings (SSSR count). The van der Waals surface area contributed by atoms with Gasteiger partial charge in [0, 0.05) is 30.5 Å². The smallest absolute Gasteiger partial charge is 0.252 e. The third-order valence-electron chi connectivity index (χ3n) is 3.57. The molecule has 0 unspecified atom stereocenters. The van der Waals surface area contributed by atoms with Crippen molar-refractivity contribution in [3.05, 3.63) is 22.4 Å². The van der Waals surface area contributed by atoms with Gasteiger partial charge in [-0.15, -0.1) is 0 Å². The van der Waals surface area contributed by atoms with E-state index in [1.54, 1.807) is 11.4 Å². The molecular formula is C14H20N2O3S. The molecule has 1 aliphatic carbocycles. The Kier molecular flexibility index (Phi) is 5.14. The second kappa shape index (κ2) is 6.85. The first-order chi connectivity index (χ1) is 9.59. The molecule has 0 atom stereocenters. The summed E-state index contributed by atoms with van der Waals surface area (Å²) in [4.78, 5) is 23.3. The summed E-state index contributed by atoms with van der Waals surface area (Å²) in [5.41, 5.74) is -0.106. The van der Waals surface area contributed by atoms with E-state index in [4.69, 9.17) is 0 Å². The van der Waals surface area contributed by atoms with Crippen LogP contribution in [0.1, 0.15) is 42.5 Å². The summed E-state index contributed by atoms with van der Waals surface area (Å²) in [6.45, 7) is 0.614. The van der Waals surface area contributed by atoms with E-state index in [1.165, 1.54) is 11.3 Å². The van der Waals surface area contributed by atoms with Crippen LogP contribution in [0.15, 0.2) is 16.8 Å². The van der Waals surface area contributed by atoms with E-state index >= 15 is 0 Å². The van der Waals surface area contributed by atoms with Crippen molar-refractivity contribution in [1.82, 2.24) is 10.6 Å². The highest BCUT2D eigenvalue weighted by Crippen LogP contribution is 2.28. The molecule has 0 bridgehead atoms. The first kappa shape index (κ1) is 15.0. The summed E-state index contributed by atoms with van der Waals surface area (Å²) in [7, 11) is 0. The van der Waals surface area contributed by atoms with Crippen molar-refractivity contribution in [1.29, 1.82) is 0 Å². The van der Waals surface area contributed by atoms with Crippen molar-refractivity contribution in [2.24, 2.45) is 0 Å². The van der Waals surface area contributed by atoms with Gasteiger partial charge in [-0.25, -0.2) is 0 Å². The Labute approximate surface area is 122 Å². The molecule has 5 nitrogen and oxygen atoms in total. The minimum absolute atomic E-state index is 0.143. The van der Waals surface area contributed by atoms with Crippen LogP contribution in [-0.2, 0) is 4.79 Å². The van der Waals surface area contributed by atoms with E-state index in [0.29, 0.717) is 18.7 Å². The second-order valence-corrected chi connectivity index (χ2v) is 6.01. The first-order valence-corrected chi connectivity index (χ1v) is 7.83. The predicted molar refractivity (Wildman–Crippen MR) is 77.7 cm³/mol. The van der Waals surface area contributed by atoms with Gasteiger partial charge >= 0.3 is 0 Å². The maximum absolute atomic E-state index is 11.6. The fourth-order valence-corrected chi connectivity index (χ4v) is 2.98. The van der Waals surface area contributed by atoms with Crippen molar-refractivity contribution in [2.75, 3.05) is 13.1 Å². The fourth-order valence-electron chi connectivity index (χ4n) is 2.35. The Balaban J connectivity index is 1.62. The predicted octanol–water partition coefficient (Wildman–Crippen LogP) is 1.29.